The van der Waals surface area contributed by atoms with Crippen LogP contribution in [0.2, 0.25) is 0 Å². The van der Waals surface area contributed by atoms with E-state index < -0.39 is 23.2 Å². The first-order valence-corrected chi connectivity index (χ1v) is 7.98. The monoisotopic (exact) mass is 352 g/mol. The molecule has 1 aromatic rings. The molecule has 1 aromatic heterocycles. The standard InChI is InChI=1S/C16H24N4O5/c1-10-11(8-19(5)18-10)12(21)20-7-6-16(9-20,13(22)23)17-14(24)25-15(2,3)4/h8H,6-7,9H2,1-5H3,(H,17,24)(H,22,23). The first-order valence-electron chi connectivity index (χ1n) is 7.98. The van der Waals surface area contributed by atoms with Crippen molar-refractivity contribution in [2.45, 2.75) is 45.3 Å². The smallest absolute Gasteiger partial charge is 0.408 e. The lowest BCUT2D eigenvalue weighted by Crippen LogP contribution is -2.57. The predicted octanol–water partition coefficient (Wildman–Crippen LogP) is 0.923. The van der Waals surface area contributed by atoms with Crippen LogP contribution in [0.4, 0.5) is 4.79 Å². The summed E-state index contributed by atoms with van der Waals surface area (Å²) in [5.74, 6) is -1.50. The van der Waals surface area contributed by atoms with E-state index in [9.17, 15) is 19.5 Å². The Morgan fingerprint density at radius 1 is 1.36 bits per heavy atom. The van der Waals surface area contributed by atoms with Crippen molar-refractivity contribution in [3.05, 3.63) is 17.5 Å². The number of hydrogen-bond donors (Lipinski definition) is 2. The third kappa shape index (κ3) is 4.09. The number of carboxylic acid groups (broad SMARTS) is 1. The van der Waals surface area contributed by atoms with Gasteiger partial charge < -0.3 is 20.1 Å². The first kappa shape index (κ1) is 18.8. The van der Waals surface area contributed by atoms with E-state index in [-0.39, 0.29) is 25.4 Å². The summed E-state index contributed by atoms with van der Waals surface area (Å²) in [4.78, 5) is 37.8. The van der Waals surface area contributed by atoms with Gasteiger partial charge in [-0.1, -0.05) is 0 Å². The van der Waals surface area contributed by atoms with Gasteiger partial charge in [0.15, 0.2) is 5.54 Å². The molecule has 1 aliphatic heterocycles. The highest BCUT2D eigenvalue weighted by atomic mass is 16.6. The quantitative estimate of drug-likeness (QED) is 0.836. The van der Waals surface area contributed by atoms with E-state index in [1.165, 1.54) is 9.58 Å². The van der Waals surface area contributed by atoms with Crippen LogP contribution in [0.5, 0.6) is 0 Å². The molecule has 138 valence electrons. The van der Waals surface area contributed by atoms with Crippen LogP contribution in [-0.4, -0.2) is 62.0 Å². The van der Waals surface area contributed by atoms with E-state index in [4.69, 9.17) is 4.74 Å². The second-order valence-corrected chi connectivity index (χ2v) is 7.29. The van der Waals surface area contributed by atoms with Crippen LogP contribution in [0.1, 0.15) is 43.2 Å². The summed E-state index contributed by atoms with van der Waals surface area (Å²) < 4.78 is 6.68. The van der Waals surface area contributed by atoms with Gasteiger partial charge in [-0.3, -0.25) is 9.48 Å². The molecule has 0 aliphatic carbocycles. The minimum atomic E-state index is -1.56. The van der Waals surface area contributed by atoms with Crippen molar-refractivity contribution in [3.63, 3.8) is 0 Å². The number of carbonyl (C=O) groups is 3. The van der Waals surface area contributed by atoms with E-state index in [0.29, 0.717) is 11.3 Å². The second-order valence-electron chi connectivity index (χ2n) is 7.29. The summed E-state index contributed by atoms with van der Waals surface area (Å²) in [6.07, 6.45) is 0.883. The highest BCUT2D eigenvalue weighted by Gasteiger charge is 2.48. The van der Waals surface area contributed by atoms with Crippen LogP contribution in [0.25, 0.3) is 0 Å². The van der Waals surface area contributed by atoms with Gasteiger partial charge in [0.05, 0.1) is 17.8 Å². The molecule has 0 radical (unpaired) electrons. The zero-order valence-corrected chi connectivity index (χ0v) is 15.1. The lowest BCUT2D eigenvalue weighted by molar-refractivity contribution is -0.144. The van der Waals surface area contributed by atoms with Crippen LogP contribution in [-0.2, 0) is 16.6 Å². The summed E-state index contributed by atoms with van der Waals surface area (Å²) in [6.45, 7) is 6.87. The molecule has 0 bridgehead atoms. The number of aromatic nitrogens is 2. The number of likely N-dealkylation sites (tertiary alicyclic amines) is 1. The molecular weight excluding hydrogens is 328 g/mol. The molecule has 9 nitrogen and oxygen atoms in total. The number of carboxylic acids is 1. The van der Waals surface area contributed by atoms with Crippen LogP contribution in [0.15, 0.2) is 6.20 Å². The van der Waals surface area contributed by atoms with Gasteiger partial charge in [0, 0.05) is 26.2 Å². The molecule has 2 heterocycles. The van der Waals surface area contributed by atoms with Crippen LogP contribution >= 0.6 is 0 Å². The van der Waals surface area contributed by atoms with E-state index in [2.05, 4.69) is 10.4 Å². The van der Waals surface area contributed by atoms with E-state index in [1.54, 1.807) is 40.9 Å². The van der Waals surface area contributed by atoms with Gasteiger partial charge in [-0.05, 0) is 27.7 Å². The number of aryl methyl sites for hydroxylation is 2. The Morgan fingerprint density at radius 2 is 2.00 bits per heavy atom. The number of nitrogens with one attached hydrogen (secondary N) is 1. The minimum Gasteiger partial charge on any atom is -0.479 e. The van der Waals surface area contributed by atoms with Gasteiger partial charge >= 0.3 is 12.1 Å². The zero-order chi connectivity index (χ0) is 19.0. The number of ether oxygens (including phenoxy) is 1. The zero-order valence-electron chi connectivity index (χ0n) is 15.1. The molecule has 1 fully saturated rings. The van der Waals surface area contributed by atoms with Gasteiger partial charge in [0.25, 0.3) is 5.91 Å². The maximum absolute atomic E-state index is 12.6. The average Bonchev–Trinajstić information content (AvgIpc) is 3.00. The fourth-order valence-corrected chi connectivity index (χ4v) is 2.79. The lowest BCUT2D eigenvalue weighted by Gasteiger charge is -2.28. The van der Waals surface area contributed by atoms with Crippen LogP contribution in [0, 0.1) is 6.92 Å². The van der Waals surface area contributed by atoms with Crippen molar-refractivity contribution < 1.29 is 24.2 Å². The third-order valence-electron chi connectivity index (χ3n) is 3.95. The fourth-order valence-electron chi connectivity index (χ4n) is 2.79. The summed E-state index contributed by atoms with van der Waals surface area (Å²) >= 11 is 0. The number of aliphatic carboxylic acids is 1. The molecule has 2 N–H and O–H groups in total. The minimum absolute atomic E-state index is 0.104. The number of hydrogen-bond acceptors (Lipinski definition) is 5. The van der Waals surface area contributed by atoms with Gasteiger partial charge in [-0.2, -0.15) is 5.10 Å². The molecule has 2 amide bonds. The normalized spacial score (nSPS) is 20.4. The SMILES string of the molecule is Cc1nn(C)cc1C(=O)N1CCC(NC(=O)OC(C)(C)C)(C(=O)O)C1. The molecule has 2 rings (SSSR count). The Bertz CT molecular complexity index is 706. The van der Waals surface area contributed by atoms with Crippen molar-refractivity contribution in [2.75, 3.05) is 13.1 Å². The highest BCUT2D eigenvalue weighted by molar-refractivity contribution is 5.96. The molecule has 0 spiro atoms. The molecule has 0 saturated carbocycles. The summed E-state index contributed by atoms with van der Waals surface area (Å²) in [5, 5.41) is 16.2. The number of nitrogens with zero attached hydrogens (tertiary/aromatic N) is 3. The largest absolute Gasteiger partial charge is 0.479 e. The van der Waals surface area contributed by atoms with Crippen molar-refractivity contribution in [1.82, 2.24) is 20.0 Å². The predicted molar refractivity (Wildman–Crippen MR) is 88.2 cm³/mol. The van der Waals surface area contributed by atoms with E-state index in [0.717, 1.165) is 0 Å². The fraction of sp³-hybridized carbons (Fsp3) is 0.625. The van der Waals surface area contributed by atoms with Crippen molar-refractivity contribution in [2.24, 2.45) is 7.05 Å². The Kier molecular flexibility index (Phi) is 4.79. The molecule has 25 heavy (non-hydrogen) atoms. The summed E-state index contributed by atoms with van der Waals surface area (Å²) in [5.41, 5.74) is -1.32. The molecule has 1 aliphatic rings. The number of carbonyl (C=O) groups excluding carboxylic acids is 2. The molecule has 1 unspecified atom stereocenters. The number of alkyl carbamates (subject to hydrolysis) is 1. The third-order valence-corrected chi connectivity index (χ3v) is 3.95. The Morgan fingerprint density at radius 3 is 2.48 bits per heavy atom. The topological polar surface area (TPSA) is 114 Å². The maximum atomic E-state index is 12.6. The maximum Gasteiger partial charge on any atom is 0.408 e. The Hall–Kier alpha value is -2.58. The first-order chi connectivity index (χ1) is 11.4. The summed E-state index contributed by atoms with van der Waals surface area (Å²) in [6, 6.07) is 0. The van der Waals surface area contributed by atoms with Crippen molar-refractivity contribution >= 4 is 18.0 Å². The van der Waals surface area contributed by atoms with Gasteiger partial charge in [0.2, 0.25) is 0 Å². The van der Waals surface area contributed by atoms with Gasteiger partial charge in [-0.25, -0.2) is 9.59 Å². The average molecular weight is 352 g/mol. The number of amides is 2. The van der Waals surface area contributed by atoms with E-state index in [1.807, 2.05) is 0 Å². The van der Waals surface area contributed by atoms with Crippen molar-refractivity contribution in [1.29, 1.82) is 0 Å². The van der Waals surface area contributed by atoms with Crippen LogP contribution in [0.3, 0.4) is 0 Å². The van der Waals surface area contributed by atoms with Gasteiger partial charge in [-0.15, -0.1) is 0 Å². The second kappa shape index (κ2) is 6.38. The van der Waals surface area contributed by atoms with E-state index >= 15 is 0 Å². The van der Waals surface area contributed by atoms with Crippen LogP contribution < -0.4 is 5.32 Å². The molecule has 1 atom stereocenters. The Labute approximate surface area is 145 Å². The molecule has 0 aromatic carbocycles. The highest BCUT2D eigenvalue weighted by Crippen LogP contribution is 2.25. The summed E-state index contributed by atoms with van der Waals surface area (Å²) in [7, 11) is 1.71. The Balaban J connectivity index is 2.15. The molecular formula is C16H24N4O5. The van der Waals surface area contributed by atoms with Gasteiger partial charge in [0.1, 0.15) is 5.60 Å². The van der Waals surface area contributed by atoms with Crippen molar-refractivity contribution in [3.8, 4) is 0 Å². The molecule has 1 saturated heterocycles. The lowest BCUT2D eigenvalue weighted by atomic mass is 9.99. The molecule has 9 heteroatoms. The number of rotatable bonds is 3.